The molecule has 0 radical (unpaired) electrons. The van der Waals surface area contributed by atoms with E-state index >= 15 is 0 Å². The highest BCUT2D eigenvalue weighted by atomic mass is 79.9. The first-order chi connectivity index (χ1) is 8.13. The van der Waals surface area contributed by atoms with Gasteiger partial charge < -0.3 is 10.6 Å². The monoisotopic (exact) mass is 299 g/mol. The third kappa shape index (κ3) is 4.95. The first-order valence-corrected chi connectivity index (χ1v) is 6.09. The Morgan fingerprint density at radius 1 is 1.35 bits per heavy atom. The standard InChI is InChI=1S/C11H14BrN3O2/c1-2-13-10(16)5-6-14-11(17)9-4-3-8(12)7-15-9/h3-4,7H,2,5-6H2,1H3,(H,13,16)(H,14,17). The van der Waals surface area contributed by atoms with Crippen molar-refractivity contribution in [1.82, 2.24) is 15.6 Å². The van der Waals surface area contributed by atoms with Crippen molar-refractivity contribution in [3.05, 3.63) is 28.5 Å². The van der Waals surface area contributed by atoms with Gasteiger partial charge in [-0.05, 0) is 35.0 Å². The zero-order valence-electron chi connectivity index (χ0n) is 9.50. The van der Waals surface area contributed by atoms with E-state index in [0.717, 1.165) is 4.47 Å². The van der Waals surface area contributed by atoms with E-state index in [-0.39, 0.29) is 18.2 Å². The van der Waals surface area contributed by atoms with E-state index in [1.165, 1.54) is 0 Å². The lowest BCUT2D eigenvalue weighted by Crippen LogP contribution is -2.30. The minimum atomic E-state index is -0.276. The van der Waals surface area contributed by atoms with Gasteiger partial charge >= 0.3 is 0 Å². The van der Waals surface area contributed by atoms with E-state index in [1.54, 1.807) is 18.3 Å². The fraction of sp³-hybridized carbons (Fsp3) is 0.364. The molecule has 2 amide bonds. The number of pyridine rings is 1. The molecule has 0 saturated carbocycles. The van der Waals surface area contributed by atoms with Crippen molar-refractivity contribution >= 4 is 27.7 Å². The van der Waals surface area contributed by atoms with Crippen LogP contribution in [0.15, 0.2) is 22.8 Å². The van der Waals surface area contributed by atoms with Gasteiger partial charge in [0.15, 0.2) is 0 Å². The molecule has 0 aliphatic heterocycles. The van der Waals surface area contributed by atoms with Gasteiger partial charge in [0.25, 0.3) is 5.91 Å². The van der Waals surface area contributed by atoms with Crippen LogP contribution in [0.1, 0.15) is 23.8 Å². The smallest absolute Gasteiger partial charge is 0.269 e. The minimum absolute atomic E-state index is 0.0726. The molecule has 0 atom stereocenters. The van der Waals surface area contributed by atoms with Crippen LogP contribution in [0.3, 0.4) is 0 Å². The number of carbonyl (C=O) groups excluding carboxylic acids is 2. The lowest BCUT2D eigenvalue weighted by molar-refractivity contribution is -0.120. The molecule has 0 unspecified atom stereocenters. The summed E-state index contributed by atoms with van der Waals surface area (Å²) in [6, 6.07) is 3.36. The maximum absolute atomic E-state index is 11.6. The second kappa shape index (κ2) is 7.01. The van der Waals surface area contributed by atoms with E-state index in [2.05, 4.69) is 31.5 Å². The van der Waals surface area contributed by atoms with Crippen LogP contribution in [-0.2, 0) is 4.79 Å². The lowest BCUT2D eigenvalue weighted by Gasteiger charge is -2.04. The molecule has 1 aromatic rings. The summed E-state index contributed by atoms with van der Waals surface area (Å²) in [5, 5.41) is 5.28. The summed E-state index contributed by atoms with van der Waals surface area (Å²) in [7, 11) is 0. The summed E-state index contributed by atoms with van der Waals surface area (Å²) in [5.41, 5.74) is 0.337. The number of amides is 2. The predicted molar refractivity (Wildman–Crippen MR) is 67.6 cm³/mol. The van der Waals surface area contributed by atoms with Crippen LogP contribution < -0.4 is 10.6 Å². The number of hydrogen-bond acceptors (Lipinski definition) is 3. The Morgan fingerprint density at radius 2 is 2.12 bits per heavy atom. The molecule has 1 rings (SSSR count). The fourth-order valence-corrected chi connectivity index (χ4v) is 1.41. The Bertz CT molecular complexity index is 392. The van der Waals surface area contributed by atoms with Crippen molar-refractivity contribution in [1.29, 1.82) is 0 Å². The maximum atomic E-state index is 11.6. The first-order valence-electron chi connectivity index (χ1n) is 5.30. The molecule has 2 N–H and O–H groups in total. The molecular weight excluding hydrogens is 286 g/mol. The molecular formula is C11H14BrN3O2. The Labute approximate surface area is 108 Å². The molecule has 92 valence electrons. The van der Waals surface area contributed by atoms with Gasteiger partial charge in [-0.1, -0.05) is 0 Å². The normalized spacial score (nSPS) is 9.76. The van der Waals surface area contributed by atoms with Gasteiger partial charge in [-0.25, -0.2) is 4.98 Å². The number of hydrogen-bond donors (Lipinski definition) is 2. The predicted octanol–water partition coefficient (Wildman–Crippen LogP) is 1.10. The Hall–Kier alpha value is -1.43. The van der Waals surface area contributed by atoms with Crippen molar-refractivity contribution < 1.29 is 9.59 Å². The summed E-state index contributed by atoms with van der Waals surface area (Å²) in [6.45, 7) is 2.76. The van der Waals surface area contributed by atoms with Crippen LogP contribution in [0.5, 0.6) is 0 Å². The summed E-state index contributed by atoms with van der Waals surface area (Å²) in [6.07, 6.45) is 1.83. The topological polar surface area (TPSA) is 71.1 Å². The highest BCUT2D eigenvalue weighted by Gasteiger charge is 2.07. The van der Waals surface area contributed by atoms with E-state index < -0.39 is 0 Å². The third-order valence-corrected chi connectivity index (χ3v) is 2.44. The number of halogens is 1. The molecule has 1 heterocycles. The largest absolute Gasteiger partial charge is 0.356 e. The highest BCUT2D eigenvalue weighted by Crippen LogP contribution is 2.07. The zero-order chi connectivity index (χ0) is 12.7. The van der Waals surface area contributed by atoms with Crippen LogP contribution in [0.2, 0.25) is 0 Å². The molecule has 0 bridgehead atoms. The number of aromatic nitrogens is 1. The van der Waals surface area contributed by atoms with Crippen LogP contribution >= 0.6 is 15.9 Å². The summed E-state index contributed by atoms with van der Waals surface area (Å²) < 4.78 is 0.816. The SMILES string of the molecule is CCNC(=O)CCNC(=O)c1ccc(Br)cn1. The molecule has 0 saturated heterocycles. The van der Waals surface area contributed by atoms with Gasteiger partial charge in [0.05, 0.1) is 0 Å². The van der Waals surface area contributed by atoms with Crippen molar-refractivity contribution in [2.75, 3.05) is 13.1 Å². The molecule has 17 heavy (non-hydrogen) atoms. The number of rotatable bonds is 5. The summed E-state index contributed by atoms with van der Waals surface area (Å²) >= 11 is 3.24. The Kier molecular flexibility index (Phi) is 5.62. The average Bonchev–Trinajstić information content (AvgIpc) is 2.30. The van der Waals surface area contributed by atoms with Gasteiger partial charge in [-0.3, -0.25) is 9.59 Å². The van der Waals surface area contributed by atoms with Crippen molar-refractivity contribution in [2.45, 2.75) is 13.3 Å². The van der Waals surface area contributed by atoms with Gasteiger partial charge in [-0.15, -0.1) is 0 Å². The number of nitrogens with one attached hydrogen (secondary N) is 2. The van der Waals surface area contributed by atoms with E-state index in [4.69, 9.17) is 0 Å². The third-order valence-electron chi connectivity index (χ3n) is 1.97. The Morgan fingerprint density at radius 3 is 2.71 bits per heavy atom. The number of carbonyl (C=O) groups is 2. The molecule has 0 aliphatic carbocycles. The fourth-order valence-electron chi connectivity index (χ4n) is 1.18. The van der Waals surface area contributed by atoms with Crippen LogP contribution in [0, 0.1) is 0 Å². The highest BCUT2D eigenvalue weighted by molar-refractivity contribution is 9.10. The van der Waals surface area contributed by atoms with Gasteiger partial charge in [0.1, 0.15) is 5.69 Å². The molecule has 0 aromatic carbocycles. The average molecular weight is 300 g/mol. The zero-order valence-corrected chi connectivity index (χ0v) is 11.1. The van der Waals surface area contributed by atoms with Gasteiger partial charge in [0.2, 0.25) is 5.91 Å². The van der Waals surface area contributed by atoms with E-state index in [1.807, 2.05) is 6.92 Å². The van der Waals surface area contributed by atoms with Gasteiger partial charge in [-0.2, -0.15) is 0 Å². The molecule has 0 spiro atoms. The van der Waals surface area contributed by atoms with Crippen LogP contribution in [0.4, 0.5) is 0 Å². The summed E-state index contributed by atoms with van der Waals surface area (Å²) in [4.78, 5) is 26.6. The molecule has 6 heteroatoms. The summed E-state index contributed by atoms with van der Waals surface area (Å²) in [5.74, 6) is -0.349. The van der Waals surface area contributed by atoms with E-state index in [9.17, 15) is 9.59 Å². The van der Waals surface area contributed by atoms with E-state index in [0.29, 0.717) is 18.8 Å². The molecule has 5 nitrogen and oxygen atoms in total. The second-order valence-electron chi connectivity index (χ2n) is 3.32. The Balaban J connectivity index is 2.35. The van der Waals surface area contributed by atoms with Crippen molar-refractivity contribution in [2.24, 2.45) is 0 Å². The quantitative estimate of drug-likeness (QED) is 0.855. The van der Waals surface area contributed by atoms with Gasteiger partial charge in [0, 0.05) is 30.2 Å². The molecule has 0 fully saturated rings. The molecule has 0 aliphatic rings. The minimum Gasteiger partial charge on any atom is -0.356 e. The van der Waals surface area contributed by atoms with Crippen molar-refractivity contribution in [3.8, 4) is 0 Å². The maximum Gasteiger partial charge on any atom is 0.269 e. The first kappa shape index (κ1) is 13.6. The van der Waals surface area contributed by atoms with Crippen LogP contribution in [0.25, 0.3) is 0 Å². The lowest BCUT2D eigenvalue weighted by atomic mass is 10.3. The second-order valence-corrected chi connectivity index (χ2v) is 4.24. The number of nitrogens with zero attached hydrogens (tertiary/aromatic N) is 1. The van der Waals surface area contributed by atoms with Crippen molar-refractivity contribution in [3.63, 3.8) is 0 Å². The van der Waals surface area contributed by atoms with Crippen LogP contribution in [-0.4, -0.2) is 29.9 Å². The molecule has 1 aromatic heterocycles.